The number of aromatic amines is 1. The summed E-state index contributed by atoms with van der Waals surface area (Å²) in [4.78, 5) is 40.7. The third-order valence-electron chi connectivity index (χ3n) is 6.19. The first-order valence-corrected chi connectivity index (χ1v) is 13.5. The molecule has 10 heteroatoms. The molecule has 0 aliphatic rings. The van der Waals surface area contributed by atoms with E-state index in [1.165, 1.54) is 38.4 Å². The fourth-order valence-corrected chi connectivity index (χ4v) is 4.69. The molecule has 210 valence electrons. The summed E-state index contributed by atoms with van der Waals surface area (Å²) in [6.45, 7) is 1.27. The number of amides is 1. The van der Waals surface area contributed by atoms with Crippen LogP contribution in [0.1, 0.15) is 33.3 Å². The highest BCUT2D eigenvalue weighted by molar-refractivity contribution is 9.10. The maximum Gasteiger partial charge on any atom is 0.343 e. The van der Waals surface area contributed by atoms with Gasteiger partial charge in [-0.15, -0.1) is 0 Å². The molecule has 1 amide bonds. The molecule has 0 spiro atoms. The topological polar surface area (TPSA) is 119 Å². The highest BCUT2D eigenvalue weighted by Crippen LogP contribution is 2.34. The Kier molecular flexibility index (Phi) is 8.44. The first-order valence-electron chi connectivity index (χ1n) is 12.7. The van der Waals surface area contributed by atoms with Crippen molar-refractivity contribution < 1.29 is 28.6 Å². The van der Waals surface area contributed by atoms with Gasteiger partial charge in [-0.1, -0.05) is 58.4 Å². The largest absolute Gasteiger partial charge is 0.493 e. The van der Waals surface area contributed by atoms with Gasteiger partial charge in [-0.3, -0.25) is 9.59 Å². The lowest BCUT2D eigenvalue weighted by Crippen LogP contribution is -2.19. The number of para-hydroxylation sites is 1. The summed E-state index contributed by atoms with van der Waals surface area (Å²) in [5.41, 5.74) is 6.01. The Balaban J connectivity index is 1.36. The number of esters is 2. The molecule has 9 nitrogen and oxygen atoms in total. The maximum absolute atomic E-state index is 13.3. The number of carbonyl (C=O) groups excluding carboxylic acids is 3. The maximum atomic E-state index is 13.3. The quantitative estimate of drug-likeness (QED) is 0.0877. The molecule has 0 fully saturated rings. The molecule has 0 radical (unpaired) electrons. The highest BCUT2D eigenvalue weighted by Gasteiger charge is 2.20. The van der Waals surface area contributed by atoms with E-state index in [4.69, 9.17) is 14.2 Å². The Labute approximate surface area is 249 Å². The van der Waals surface area contributed by atoms with Crippen molar-refractivity contribution in [1.29, 1.82) is 0 Å². The number of rotatable bonds is 8. The van der Waals surface area contributed by atoms with Crippen LogP contribution in [0.2, 0.25) is 0 Å². The number of carbonyl (C=O) groups is 3. The number of aromatic nitrogens is 1. The standard InChI is InChI=1S/C32H24BrN3O6/c1-19(37)41-27-15-12-21(16-28(27)40-2)32(39)42-26-11-7-6-10-22(26)18-34-36-31(38)30-29(20-8-4-3-5-9-20)24-17-23(33)13-14-25(24)35-30/h3-18,35H,1-2H3,(H,36,38). The highest BCUT2D eigenvalue weighted by atomic mass is 79.9. The van der Waals surface area contributed by atoms with Gasteiger partial charge in [0.05, 0.1) is 18.9 Å². The third-order valence-corrected chi connectivity index (χ3v) is 6.69. The van der Waals surface area contributed by atoms with Crippen molar-refractivity contribution in [2.45, 2.75) is 6.92 Å². The summed E-state index contributed by atoms with van der Waals surface area (Å²) in [6, 6.07) is 26.5. The number of hydrazone groups is 1. The number of benzene rings is 4. The van der Waals surface area contributed by atoms with Crippen LogP contribution in [0, 0.1) is 0 Å². The Morgan fingerprint density at radius 3 is 2.38 bits per heavy atom. The zero-order chi connectivity index (χ0) is 29.6. The second-order valence-corrected chi connectivity index (χ2v) is 9.93. The van der Waals surface area contributed by atoms with Crippen molar-refractivity contribution in [3.8, 4) is 28.4 Å². The predicted molar refractivity (Wildman–Crippen MR) is 162 cm³/mol. The number of halogens is 1. The second kappa shape index (κ2) is 12.5. The number of nitrogens with one attached hydrogen (secondary N) is 2. The summed E-state index contributed by atoms with van der Waals surface area (Å²) in [7, 11) is 1.40. The molecule has 2 N–H and O–H groups in total. The van der Waals surface area contributed by atoms with Crippen LogP contribution in [0.4, 0.5) is 0 Å². The molecular weight excluding hydrogens is 602 g/mol. The van der Waals surface area contributed by atoms with E-state index in [0.29, 0.717) is 11.3 Å². The SMILES string of the molecule is COc1cc(C(=O)Oc2ccccc2C=NNC(=O)c2[nH]c3ccc(Br)cc3c2-c2ccccc2)ccc1OC(C)=O. The summed E-state index contributed by atoms with van der Waals surface area (Å²) < 4.78 is 16.8. The minimum absolute atomic E-state index is 0.182. The molecule has 0 saturated carbocycles. The van der Waals surface area contributed by atoms with Gasteiger partial charge in [0.15, 0.2) is 11.5 Å². The van der Waals surface area contributed by atoms with E-state index in [-0.39, 0.29) is 22.8 Å². The Bertz CT molecular complexity index is 1830. The van der Waals surface area contributed by atoms with E-state index < -0.39 is 17.8 Å². The van der Waals surface area contributed by atoms with Gasteiger partial charge in [0.25, 0.3) is 5.91 Å². The second-order valence-electron chi connectivity index (χ2n) is 9.02. The summed E-state index contributed by atoms with van der Waals surface area (Å²) in [5, 5.41) is 5.02. The van der Waals surface area contributed by atoms with Crippen LogP contribution < -0.4 is 19.6 Å². The summed E-state index contributed by atoms with van der Waals surface area (Å²) in [6.07, 6.45) is 1.40. The van der Waals surface area contributed by atoms with E-state index in [0.717, 1.165) is 26.5 Å². The number of H-pyrrole nitrogens is 1. The number of fused-ring (bicyclic) bond motifs is 1. The lowest BCUT2D eigenvalue weighted by molar-refractivity contribution is -0.132. The summed E-state index contributed by atoms with van der Waals surface area (Å²) in [5.74, 6) is -1.00. The molecule has 5 rings (SSSR count). The first kappa shape index (κ1) is 28.3. The lowest BCUT2D eigenvalue weighted by Gasteiger charge is -2.11. The third kappa shape index (κ3) is 6.24. The normalized spacial score (nSPS) is 10.9. The Morgan fingerprint density at radius 2 is 1.62 bits per heavy atom. The number of ether oxygens (including phenoxy) is 3. The van der Waals surface area contributed by atoms with Crippen molar-refractivity contribution in [3.63, 3.8) is 0 Å². The first-order chi connectivity index (χ1) is 20.3. The van der Waals surface area contributed by atoms with E-state index in [1.807, 2.05) is 48.5 Å². The van der Waals surface area contributed by atoms with Crippen LogP contribution in [0.25, 0.3) is 22.0 Å². The predicted octanol–water partition coefficient (Wildman–Crippen LogP) is 6.51. The van der Waals surface area contributed by atoms with E-state index >= 15 is 0 Å². The van der Waals surface area contributed by atoms with Crippen LogP contribution >= 0.6 is 15.9 Å². The summed E-state index contributed by atoms with van der Waals surface area (Å²) >= 11 is 3.51. The van der Waals surface area contributed by atoms with Crippen LogP contribution in [-0.4, -0.2) is 36.2 Å². The molecule has 0 unspecified atom stereocenters. The Hall–Kier alpha value is -5.22. The van der Waals surface area contributed by atoms with Gasteiger partial charge in [0.1, 0.15) is 11.4 Å². The number of nitrogens with zero attached hydrogens (tertiary/aromatic N) is 1. The van der Waals surface area contributed by atoms with Gasteiger partial charge in [0, 0.05) is 33.4 Å². The van der Waals surface area contributed by atoms with Gasteiger partial charge in [-0.2, -0.15) is 5.10 Å². The fraction of sp³-hybridized carbons (Fsp3) is 0.0625. The van der Waals surface area contributed by atoms with Crippen molar-refractivity contribution >= 4 is 50.9 Å². The van der Waals surface area contributed by atoms with Gasteiger partial charge in [-0.05, 0) is 54.1 Å². The van der Waals surface area contributed by atoms with Crippen molar-refractivity contribution in [1.82, 2.24) is 10.4 Å². The molecule has 0 aliphatic carbocycles. The molecule has 1 heterocycles. The molecule has 0 aliphatic heterocycles. The number of hydrogen-bond acceptors (Lipinski definition) is 7. The van der Waals surface area contributed by atoms with Crippen LogP contribution in [0.5, 0.6) is 17.2 Å². The smallest absolute Gasteiger partial charge is 0.343 e. The van der Waals surface area contributed by atoms with Gasteiger partial charge in [0.2, 0.25) is 0 Å². The van der Waals surface area contributed by atoms with Crippen LogP contribution in [0.15, 0.2) is 101 Å². The molecular formula is C32H24BrN3O6. The minimum Gasteiger partial charge on any atom is -0.493 e. The lowest BCUT2D eigenvalue weighted by atomic mass is 10.0. The van der Waals surface area contributed by atoms with Crippen molar-refractivity contribution in [2.24, 2.45) is 5.10 Å². The monoisotopic (exact) mass is 625 g/mol. The van der Waals surface area contributed by atoms with E-state index in [2.05, 4.69) is 31.4 Å². The van der Waals surface area contributed by atoms with Crippen molar-refractivity contribution in [2.75, 3.05) is 7.11 Å². The molecule has 1 aromatic heterocycles. The molecule has 0 saturated heterocycles. The number of hydrogen-bond donors (Lipinski definition) is 2. The van der Waals surface area contributed by atoms with Crippen LogP contribution in [-0.2, 0) is 4.79 Å². The zero-order valence-electron chi connectivity index (χ0n) is 22.5. The molecule has 0 atom stereocenters. The van der Waals surface area contributed by atoms with Gasteiger partial charge < -0.3 is 19.2 Å². The fourth-order valence-electron chi connectivity index (χ4n) is 4.33. The van der Waals surface area contributed by atoms with Crippen LogP contribution in [0.3, 0.4) is 0 Å². The molecule has 0 bridgehead atoms. The average molecular weight is 626 g/mol. The van der Waals surface area contributed by atoms with E-state index in [9.17, 15) is 14.4 Å². The van der Waals surface area contributed by atoms with Gasteiger partial charge >= 0.3 is 11.9 Å². The van der Waals surface area contributed by atoms with E-state index in [1.54, 1.807) is 24.3 Å². The van der Waals surface area contributed by atoms with Crippen molar-refractivity contribution in [3.05, 3.63) is 112 Å². The van der Waals surface area contributed by atoms with Gasteiger partial charge in [-0.25, -0.2) is 10.2 Å². The average Bonchev–Trinajstić information content (AvgIpc) is 3.37. The minimum atomic E-state index is -0.663. The molecule has 4 aromatic carbocycles. The number of methoxy groups -OCH3 is 1. The molecule has 5 aromatic rings. The molecule has 42 heavy (non-hydrogen) atoms. The Morgan fingerprint density at radius 1 is 0.857 bits per heavy atom. The zero-order valence-corrected chi connectivity index (χ0v) is 24.1.